The van der Waals surface area contributed by atoms with Crippen molar-refractivity contribution in [2.45, 2.75) is 36.5 Å². The highest BCUT2D eigenvalue weighted by Crippen LogP contribution is 2.62. The first kappa shape index (κ1) is 7.37. The molecule has 2 aliphatic heterocycles. The normalized spacial score (nSPS) is 56.9. The summed E-state index contributed by atoms with van der Waals surface area (Å²) >= 11 is 0. The second-order valence-electron chi connectivity index (χ2n) is 6.13. The first-order valence-electron chi connectivity index (χ1n) is 11.3. The Bertz CT molecular complexity index is 1010. The van der Waals surface area contributed by atoms with Crippen molar-refractivity contribution in [3.63, 3.8) is 0 Å². The lowest BCUT2D eigenvalue weighted by molar-refractivity contribution is -0.0453. The van der Waals surface area contributed by atoms with Gasteiger partial charge in [-0.05, 0) is 38.0 Å². The maximum Gasteiger partial charge on any atom is 0.165 e. The van der Waals surface area contributed by atoms with Crippen LogP contribution in [0.3, 0.4) is 0 Å². The predicted octanol–water partition coefficient (Wildman–Crippen LogP) is 1.50. The third kappa shape index (κ3) is 1.28. The standard InChI is InChI=1S/C18H21NO3/c1-19-8-7-18-11-4-5-13(20)17(18)22-16-14(21-2)6-3-10(15(16)18)9-12(11)19/h3-6,11-13,17,20H,7-9H2,1-2H3/t11-,12+,13?,17?,18-/m0/s1/i1D3,3D,6D,11D,12D,13D. The lowest BCUT2D eigenvalue weighted by atomic mass is 9.53. The lowest BCUT2D eigenvalue weighted by Crippen LogP contribution is -2.64. The van der Waals surface area contributed by atoms with E-state index in [2.05, 4.69) is 0 Å². The average Bonchev–Trinajstić information content (AvgIpc) is 2.97. The number of benzene rings is 1. The Labute approximate surface area is 141 Å². The van der Waals surface area contributed by atoms with Gasteiger partial charge < -0.3 is 19.5 Å². The Balaban J connectivity index is 1.93. The van der Waals surface area contributed by atoms with Gasteiger partial charge in [0.1, 0.15) is 12.2 Å². The van der Waals surface area contributed by atoms with Crippen molar-refractivity contribution >= 4 is 0 Å². The van der Waals surface area contributed by atoms with E-state index in [4.69, 9.17) is 17.7 Å². The highest BCUT2D eigenvalue weighted by Gasteiger charge is 2.64. The predicted molar refractivity (Wildman–Crippen MR) is 82.5 cm³/mol. The first-order chi connectivity index (χ1) is 13.8. The third-order valence-corrected chi connectivity index (χ3v) is 5.28. The van der Waals surface area contributed by atoms with E-state index < -0.39 is 36.5 Å². The number of methoxy groups -OCH3 is 1. The third-order valence-electron chi connectivity index (χ3n) is 5.28. The smallest absolute Gasteiger partial charge is 0.165 e. The van der Waals surface area contributed by atoms with E-state index in [1.54, 1.807) is 0 Å². The van der Waals surface area contributed by atoms with Gasteiger partial charge >= 0.3 is 0 Å². The molecular formula is C18H21NO3. The molecule has 116 valence electrons. The molecular weight excluding hydrogens is 278 g/mol. The summed E-state index contributed by atoms with van der Waals surface area (Å²) in [6.45, 7) is -2.73. The van der Waals surface area contributed by atoms with E-state index in [-0.39, 0.29) is 48.5 Å². The fourth-order valence-corrected chi connectivity index (χ4v) is 4.38. The van der Waals surface area contributed by atoms with Gasteiger partial charge in [-0.3, -0.25) is 0 Å². The Kier molecular flexibility index (Phi) is 1.36. The molecule has 1 spiro atoms. The number of likely N-dealkylation sites (N-methyl/N-ethyl adjacent to an activating group) is 1. The van der Waals surface area contributed by atoms with Gasteiger partial charge in [0.2, 0.25) is 0 Å². The van der Waals surface area contributed by atoms with Crippen LogP contribution in [0.15, 0.2) is 24.2 Å². The van der Waals surface area contributed by atoms with Gasteiger partial charge in [0.05, 0.1) is 11.2 Å². The van der Waals surface area contributed by atoms with E-state index in [9.17, 15) is 7.85 Å². The molecule has 1 aromatic rings. The number of likely N-dealkylation sites (tertiary alicyclic amines) is 1. The fraction of sp³-hybridized carbons (Fsp3) is 0.556. The minimum Gasteiger partial charge on any atom is -0.493 e. The summed E-state index contributed by atoms with van der Waals surface area (Å²) < 4.78 is 79.2. The molecule has 4 aliphatic rings. The van der Waals surface area contributed by atoms with E-state index in [0.29, 0.717) is 5.56 Å². The molecule has 1 aromatic carbocycles. The van der Waals surface area contributed by atoms with Crippen molar-refractivity contribution < 1.29 is 25.5 Å². The van der Waals surface area contributed by atoms with Gasteiger partial charge in [0.15, 0.2) is 11.5 Å². The quantitative estimate of drug-likeness (QED) is 0.799. The number of ether oxygens (including phenoxy) is 2. The van der Waals surface area contributed by atoms with Crippen LogP contribution in [0.25, 0.3) is 0 Å². The van der Waals surface area contributed by atoms with Crippen LogP contribution in [-0.2, 0) is 11.8 Å². The number of rotatable bonds is 1. The SMILES string of the molecule is [2H]c1c([2H])c(OC)c2c3c1C[C@@]1([2H])N(C([2H])([2H])[2H])CC[C@@]34C(O2)C([2H])(O)C=C[C@]41[2H]. The van der Waals surface area contributed by atoms with Crippen LogP contribution in [0.2, 0.25) is 0 Å². The van der Waals surface area contributed by atoms with Crippen LogP contribution >= 0.6 is 0 Å². The van der Waals surface area contributed by atoms with E-state index in [1.165, 1.54) is 13.2 Å². The van der Waals surface area contributed by atoms with Crippen LogP contribution in [0, 0.1) is 5.89 Å². The Hall–Kier alpha value is -1.52. The monoisotopic (exact) mass is 307 g/mol. The lowest BCUT2D eigenvalue weighted by Gasteiger charge is -2.56. The van der Waals surface area contributed by atoms with Crippen molar-refractivity contribution in [1.82, 2.24) is 4.90 Å². The number of hydrogen-bond acceptors (Lipinski definition) is 4. The topological polar surface area (TPSA) is 41.9 Å². The zero-order chi connectivity index (χ0) is 22.1. The zero-order valence-electron chi connectivity index (χ0n) is 20.1. The maximum atomic E-state index is 10.8. The van der Waals surface area contributed by atoms with Crippen LogP contribution in [0.5, 0.6) is 11.5 Å². The molecule has 5 atom stereocenters. The molecule has 22 heavy (non-hydrogen) atoms. The highest BCUT2D eigenvalue weighted by atomic mass is 16.5. The molecule has 2 aliphatic carbocycles. The molecule has 0 radical (unpaired) electrons. The van der Waals surface area contributed by atoms with Gasteiger partial charge in [-0.25, -0.2) is 0 Å². The molecule has 0 amide bonds. The van der Waals surface area contributed by atoms with Gasteiger partial charge in [-0.1, -0.05) is 18.2 Å². The molecule has 4 nitrogen and oxygen atoms in total. The summed E-state index contributed by atoms with van der Waals surface area (Å²) in [4.78, 5) is 0.988. The molecule has 1 N–H and O–H groups in total. The molecule has 2 heterocycles. The maximum absolute atomic E-state index is 10.8. The Morgan fingerprint density at radius 2 is 2.45 bits per heavy atom. The van der Waals surface area contributed by atoms with Crippen LogP contribution in [0.1, 0.15) is 28.5 Å². The summed E-state index contributed by atoms with van der Waals surface area (Å²) in [5.74, 6) is -1.78. The zero-order valence-corrected chi connectivity index (χ0v) is 12.1. The first-order valence-corrected chi connectivity index (χ1v) is 7.34. The van der Waals surface area contributed by atoms with Crippen LogP contribution in [0.4, 0.5) is 0 Å². The molecule has 1 saturated heterocycles. The summed E-state index contributed by atoms with van der Waals surface area (Å²) in [6.07, 6.45) is -1.44. The van der Waals surface area contributed by atoms with Crippen molar-refractivity contribution in [1.29, 1.82) is 0 Å². The van der Waals surface area contributed by atoms with Gasteiger partial charge in [0, 0.05) is 29.7 Å². The van der Waals surface area contributed by atoms with E-state index in [0.717, 1.165) is 11.0 Å². The number of nitrogens with zero attached hydrogens (tertiary/aromatic N) is 1. The van der Waals surface area contributed by atoms with E-state index >= 15 is 0 Å². The molecule has 4 heteroatoms. The molecule has 0 aromatic heterocycles. The highest BCUT2D eigenvalue weighted by molar-refractivity contribution is 5.62. The molecule has 2 unspecified atom stereocenters. The minimum absolute atomic E-state index is 0.0172. The molecule has 1 fully saturated rings. The van der Waals surface area contributed by atoms with Gasteiger partial charge in [-0.2, -0.15) is 0 Å². The van der Waals surface area contributed by atoms with Crippen molar-refractivity contribution in [3.8, 4) is 11.5 Å². The largest absolute Gasteiger partial charge is 0.493 e. The number of aliphatic hydroxyl groups is 1. The van der Waals surface area contributed by atoms with Gasteiger partial charge in [-0.15, -0.1) is 0 Å². The summed E-state index contributed by atoms with van der Waals surface area (Å²) in [5.41, 5.74) is -0.791. The van der Waals surface area contributed by atoms with Crippen LogP contribution < -0.4 is 9.47 Å². The number of piperidine rings is 1. The van der Waals surface area contributed by atoms with Crippen molar-refractivity contribution in [2.24, 2.45) is 5.89 Å². The minimum atomic E-state index is -2.66. The average molecular weight is 307 g/mol. The summed E-state index contributed by atoms with van der Waals surface area (Å²) in [5, 5.41) is 10.8. The second kappa shape index (κ2) is 4.06. The second-order valence-corrected chi connectivity index (χ2v) is 6.13. The number of hydrogen-bond donors (Lipinski definition) is 1. The molecule has 2 bridgehead atoms. The fourth-order valence-electron chi connectivity index (χ4n) is 4.38. The molecule has 5 rings (SSSR count). The van der Waals surface area contributed by atoms with Gasteiger partial charge in [0.25, 0.3) is 0 Å². The summed E-state index contributed by atoms with van der Waals surface area (Å²) in [6, 6.07) is -2.51. The Morgan fingerprint density at radius 3 is 3.27 bits per heavy atom. The Morgan fingerprint density at radius 1 is 1.55 bits per heavy atom. The van der Waals surface area contributed by atoms with Crippen molar-refractivity contribution in [3.05, 3.63) is 35.4 Å². The van der Waals surface area contributed by atoms with Crippen LogP contribution in [-0.4, -0.2) is 48.8 Å². The molecule has 0 saturated carbocycles. The van der Waals surface area contributed by atoms with E-state index in [1.807, 2.05) is 0 Å². The van der Waals surface area contributed by atoms with Crippen molar-refractivity contribution in [2.75, 3.05) is 20.6 Å². The summed E-state index contributed by atoms with van der Waals surface area (Å²) in [7, 11) is 1.33.